The Balaban J connectivity index is 2.37. The first-order valence-corrected chi connectivity index (χ1v) is 6.77. The van der Waals surface area contributed by atoms with Crippen LogP contribution < -0.4 is 5.32 Å². The molecule has 1 aromatic carbocycles. The second-order valence-electron chi connectivity index (χ2n) is 4.27. The summed E-state index contributed by atoms with van der Waals surface area (Å²) in [4.78, 5) is 15.5. The molecule has 1 N–H and O–H groups in total. The third kappa shape index (κ3) is 2.90. The molecular formula is C13H14ClF2N3O. The van der Waals surface area contributed by atoms with Gasteiger partial charge in [0.15, 0.2) is 5.82 Å². The maximum absolute atomic E-state index is 13.7. The Morgan fingerprint density at radius 2 is 2.20 bits per heavy atom. The Labute approximate surface area is 119 Å². The van der Waals surface area contributed by atoms with Gasteiger partial charge in [-0.2, -0.15) is 0 Å². The van der Waals surface area contributed by atoms with E-state index in [4.69, 9.17) is 11.6 Å². The smallest absolute Gasteiger partial charge is 0.221 e. The fourth-order valence-electron chi connectivity index (χ4n) is 2.05. The number of nitrogens with one attached hydrogen (secondary N) is 1. The zero-order valence-electron chi connectivity index (χ0n) is 10.9. The number of amides is 1. The number of carbonyl (C=O) groups excluding carboxylic acids is 1. The summed E-state index contributed by atoms with van der Waals surface area (Å²) in [6.07, 6.45) is 0.196. The molecule has 0 unspecified atom stereocenters. The second-order valence-corrected chi connectivity index (χ2v) is 4.54. The number of hydrogen-bond donors (Lipinski definition) is 1. The van der Waals surface area contributed by atoms with Crippen molar-refractivity contribution < 1.29 is 13.6 Å². The second kappa shape index (κ2) is 6.17. The van der Waals surface area contributed by atoms with Gasteiger partial charge in [0.05, 0.1) is 11.4 Å². The van der Waals surface area contributed by atoms with Crippen LogP contribution in [-0.2, 0) is 17.2 Å². The number of benzene rings is 1. The molecule has 0 saturated carbocycles. The monoisotopic (exact) mass is 301 g/mol. The van der Waals surface area contributed by atoms with E-state index >= 15 is 0 Å². The number of halogens is 3. The predicted molar refractivity (Wildman–Crippen MR) is 72.5 cm³/mol. The molecule has 0 saturated heterocycles. The lowest BCUT2D eigenvalue weighted by Crippen LogP contribution is -2.24. The van der Waals surface area contributed by atoms with Crippen LogP contribution in [0.5, 0.6) is 0 Å². The van der Waals surface area contributed by atoms with Gasteiger partial charge in [-0.05, 0) is 13.0 Å². The fourth-order valence-corrected chi connectivity index (χ4v) is 2.25. The van der Waals surface area contributed by atoms with E-state index in [1.165, 1.54) is 6.07 Å². The molecule has 108 valence electrons. The maximum atomic E-state index is 13.7. The number of rotatable bonds is 5. The van der Waals surface area contributed by atoms with Gasteiger partial charge in [-0.15, -0.1) is 11.6 Å². The van der Waals surface area contributed by atoms with Crippen molar-refractivity contribution in [3.63, 3.8) is 0 Å². The lowest BCUT2D eigenvalue weighted by molar-refractivity contribution is -0.121. The molecule has 2 aromatic rings. The van der Waals surface area contributed by atoms with Gasteiger partial charge >= 0.3 is 0 Å². The van der Waals surface area contributed by atoms with Crippen LogP contribution in [0.2, 0.25) is 0 Å². The molecule has 0 atom stereocenters. The van der Waals surface area contributed by atoms with E-state index in [1.807, 2.05) is 6.92 Å². The van der Waals surface area contributed by atoms with Gasteiger partial charge in [0, 0.05) is 25.6 Å². The normalized spacial score (nSPS) is 11.0. The highest BCUT2D eigenvalue weighted by molar-refractivity contribution is 6.16. The number of fused-ring (bicyclic) bond motifs is 1. The molecule has 2 rings (SSSR count). The van der Waals surface area contributed by atoms with Crippen LogP contribution in [0, 0.1) is 11.6 Å². The van der Waals surface area contributed by atoms with Gasteiger partial charge in [0.2, 0.25) is 5.91 Å². The van der Waals surface area contributed by atoms with Crippen LogP contribution in [0.1, 0.15) is 19.2 Å². The molecule has 0 bridgehead atoms. The standard InChI is InChI=1S/C13H14ClF2N3O/c1-2-17-12(20)3-4-19-10-6-8(15)5-9(16)13(10)18-11(19)7-14/h5-6H,2-4,7H2,1H3,(H,17,20). The van der Waals surface area contributed by atoms with Crippen molar-refractivity contribution in [3.8, 4) is 0 Å². The van der Waals surface area contributed by atoms with Gasteiger partial charge in [-0.1, -0.05) is 0 Å². The zero-order valence-corrected chi connectivity index (χ0v) is 11.7. The summed E-state index contributed by atoms with van der Waals surface area (Å²) in [5.41, 5.74) is 0.375. The predicted octanol–water partition coefficient (Wildman–Crippen LogP) is 2.58. The molecule has 1 amide bonds. The first-order chi connectivity index (χ1) is 9.56. The summed E-state index contributed by atoms with van der Waals surface area (Å²) in [7, 11) is 0. The van der Waals surface area contributed by atoms with E-state index in [-0.39, 0.29) is 30.3 Å². The highest BCUT2D eigenvalue weighted by Crippen LogP contribution is 2.22. The van der Waals surface area contributed by atoms with Crippen molar-refractivity contribution in [1.29, 1.82) is 0 Å². The topological polar surface area (TPSA) is 46.9 Å². The molecule has 1 heterocycles. The Bertz CT molecular complexity index is 642. The van der Waals surface area contributed by atoms with Crippen molar-refractivity contribution >= 4 is 28.5 Å². The van der Waals surface area contributed by atoms with Gasteiger partial charge < -0.3 is 9.88 Å². The van der Waals surface area contributed by atoms with Gasteiger partial charge in [0.25, 0.3) is 0 Å². The van der Waals surface area contributed by atoms with Crippen molar-refractivity contribution in [2.45, 2.75) is 25.8 Å². The van der Waals surface area contributed by atoms with Crippen molar-refractivity contribution in [2.75, 3.05) is 6.54 Å². The van der Waals surface area contributed by atoms with Crippen LogP contribution in [0.15, 0.2) is 12.1 Å². The van der Waals surface area contributed by atoms with E-state index < -0.39 is 11.6 Å². The van der Waals surface area contributed by atoms with Crippen molar-refractivity contribution in [1.82, 2.24) is 14.9 Å². The van der Waals surface area contributed by atoms with Gasteiger partial charge in [-0.25, -0.2) is 13.8 Å². The lowest BCUT2D eigenvalue weighted by atomic mass is 10.3. The van der Waals surface area contributed by atoms with Gasteiger partial charge in [0.1, 0.15) is 17.2 Å². The molecule has 0 spiro atoms. The quantitative estimate of drug-likeness (QED) is 0.863. The summed E-state index contributed by atoms with van der Waals surface area (Å²) >= 11 is 5.77. The van der Waals surface area contributed by atoms with Gasteiger partial charge in [-0.3, -0.25) is 4.79 Å². The molecule has 0 aliphatic rings. The minimum absolute atomic E-state index is 0.0607. The first kappa shape index (κ1) is 14.7. The molecule has 0 fully saturated rings. The van der Waals surface area contributed by atoms with Crippen LogP contribution in [0.3, 0.4) is 0 Å². The van der Waals surface area contributed by atoms with Crippen LogP contribution in [-0.4, -0.2) is 22.0 Å². The van der Waals surface area contributed by atoms with Crippen molar-refractivity contribution in [3.05, 3.63) is 29.6 Å². The summed E-state index contributed by atoms with van der Waals surface area (Å²) in [6, 6.07) is 1.97. The van der Waals surface area contributed by atoms with E-state index in [2.05, 4.69) is 10.3 Å². The largest absolute Gasteiger partial charge is 0.356 e. The number of nitrogens with zero attached hydrogens (tertiary/aromatic N) is 2. The minimum atomic E-state index is -0.733. The lowest BCUT2D eigenvalue weighted by Gasteiger charge is -2.07. The maximum Gasteiger partial charge on any atom is 0.221 e. The highest BCUT2D eigenvalue weighted by atomic mass is 35.5. The Hall–Kier alpha value is -1.69. The molecule has 1 aromatic heterocycles. The summed E-state index contributed by atoms with van der Waals surface area (Å²) in [5, 5.41) is 2.66. The number of carbonyl (C=O) groups is 1. The molecule has 0 aliphatic heterocycles. The third-order valence-corrected chi connectivity index (χ3v) is 3.15. The number of hydrogen-bond acceptors (Lipinski definition) is 2. The molecule has 0 radical (unpaired) electrons. The minimum Gasteiger partial charge on any atom is -0.356 e. The Morgan fingerprint density at radius 3 is 2.85 bits per heavy atom. The summed E-state index contributed by atoms with van der Waals surface area (Å²) < 4.78 is 28.5. The zero-order chi connectivity index (χ0) is 14.7. The molecule has 4 nitrogen and oxygen atoms in total. The molecule has 20 heavy (non-hydrogen) atoms. The van der Waals surface area contributed by atoms with Crippen LogP contribution >= 0.6 is 11.6 Å². The van der Waals surface area contributed by atoms with Crippen LogP contribution in [0.25, 0.3) is 11.0 Å². The number of alkyl halides is 1. The van der Waals surface area contributed by atoms with E-state index in [0.29, 0.717) is 17.9 Å². The number of aromatic nitrogens is 2. The average Bonchev–Trinajstić information content (AvgIpc) is 2.75. The molecule has 7 heteroatoms. The Morgan fingerprint density at radius 1 is 1.45 bits per heavy atom. The third-order valence-electron chi connectivity index (χ3n) is 2.91. The molecule has 0 aliphatic carbocycles. The number of imidazole rings is 1. The van der Waals surface area contributed by atoms with E-state index in [9.17, 15) is 13.6 Å². The highest BCUT2D eigenvalue weighted by Gasteiger charge is 2.15. The fraction of sp³-hybridized carbons (Fsp3) is 0.385. The summed E-state index contributed by atoms with van der Waals surface area (Å²) in [6.45, 7) is 2.63. The first-order valence-electron chi connectivity index (χ1n) is 6.23. The van der Waals surface area contributed by atoms with Crippen molar-refractivity contribution in [2.24, 2.45) is 0 Å². The van der Waals surface area contributed by atoms with E-state index in [1.54, 1.807) is 4.57 Å². The summed E-state index contributed by atoms with van der Waals surface area (Å²) in [5.74, 6) is -1.08. The van der Waals surface area contributed by atoms with E-state index in [0.717, 1.165) is 6.07 Å². The number of aryl methyl sites for hydroxylation is 1. The average molecular weight is 302 g/mol. The Kier molecular flexibility index (Phi) is 4.54. The SMILES string of the molecule is CCNC(=O)CCn1c(CCl)nc2c(F)cc(F)cc21. The van der Waals surface area contributed by atoms with Crippen LogP contribution in [0.4, 0.5) is 8.78 Å². The molecular weight excluding hydrogens is 288 g/mol.